The number of anilines is 1. The molecule has 1 unspecified atom stereocenters. The van der Waals surface area contributed by atoms with Crippen LogP contribution in [-0.4, -0.2) is 78.9 Å². The summed E-state index contributed by atoms with van der Waals surface area (Å²) >= 11 is 0. The lowest BCUT2D eigenvalue weighted by Crippen LogP contribution is -2.47. The van der Waals surface area contributed by atoms with Gasteiger partial charge in [0.1, 0.15) is 6.10 Å². The second-order valence-corrected chi connectivity index (χ2v) is 8.73. The first-order valence-electron chi connectivity index (χ1n) is 10.7. The highest BCUT2D eigenvalue weighted by Gasteiger charge is 2.50. The molecule has 4 rings (SSSR count). The monoisotopic (exact) mass is 401 g/mol. The van der Waals surface area contributed by atoms with Crippen molar-refractivity contribution in [3.63, 3.8) is 0 Å². The van der Waals surface area contributed by atoms with Crippen molar-refractivity contribution in [3.8, 4) is 0 Å². The first-order valence-corrected chi connectivity index (χ1v) is 10.7. The van der Waals surface area contributed by atoms with Crippen LogP contribution in [0.2, 0.25) is 0 Å². The van der Waals surface area contributed by atoms with Gasteiger partial charge in [-0.2, -0.15) is 0 Å². The van der Waals surface area contributed by atoms with Crippen LogP contribution in [0.15, 0.2) is 24.3 Å². The Morgan fingerprint density at radius 1 is 1.10 bits per heavy atom. The summed E-state index contributed by atoms with van der Waals surface area (Å²) in [5, 5.41) is 9.12. The molecule has 0 bridgehead atoms. The normalized spacial score (nSPS) is 24.7. The van der Waals surface area contributed by atoms with Gasteiger partial charge < -0.3 is 19.6 Å². The minimum Gasteiger partial charge on any atom is -0.465 e. The summed E-state index contributed by atoms with van der Waals surface area (Å²) in [7, 11) is 0. The van der Waals surface area contributed by atoms with Crippen LogP contribution >= 0.6 is 0 Å². The Morgan fingerprint density at radius 2 is 1.76 bits per heavy atom. The third kappa shape index (κ3) is 4.34. The molecule has 0 saturated carbocycles. The molecule has 1 spiro atoms. The number of esters is 1. The quantitative estimate of drug-likeness (QED) is 0.782. The molecule has 29 heavy (non-hydrogen) atoms. The van der Waals surface area contributed by atoms with Crippen molar-refractivity contribution in [2.24, 2.45) is 5.41 Å². The van der Waals surface area contributed by atoms with Crippen LogP contribution < -0.4 is 4.90 Å². The van der Waals surface area contributed by atoms with Gasteiger partial charge in [0.2, 0.25) is 0 Å². The van der Waals surface area contributed by atoms with Gasteiger partial charge in [0, 0.05) is 57.9 Å². The largest absolute Gasteiger partial charge is 0.465 e. The fourth-order valence-electron chi connectivity index (χ4n) is 4.84. The number of piperazine rings is 1. The maximum absolute atomic E-state index is 12.5. The molecule has 1 atom stereocenters. The van der Waals surface area contributed by atoms with E-state index in [0.717, 1.165) is 45.6 Å². The third-order valence-electron chi connectivity index (χ3n) is 6.85. The molecule has 3 heterocycles. The fourth-order valence-corrected chi connectivity index (χ4v) is 4.84. The first kappa shape index (κ1) is 20.0. The topological polar surface area (TPSA) is 73.3 Å². The average Bonchev–Trinajstić information content (AvgIpc) is 3.03. The number of piperidine rings is 1. The molecule has 3 aliphatic rings. The number of likely N-dealkylation sites (tertiary alicyclic amines) is 1. The molecule has 3 saturated heterocycles. The number of carbonyl (C=O) groups excluding carboxylic acids is 1. The number of nitrogens with zero attached hydrogens (tertiary/aromatic N) is 3. The molecule has 3 fully saturated rings. The minimum absolute atomic E-state index is 0.0333. The Balaban J connectivity index is 1.22. The van der Waals surface area contributed by atoms with E-state index >= 15 is 0 Å². The lowest BCUT2D eigenvalue weighted by atomic mass is 9.76. The van der Waals surface area contributed by atoms with E-state index in [2.05, 4.69) is 41.0 Å². The van der Waals surface area contributed by atoms with Crippen molar-refractivity contribution in [2.45, 2.75) is 38.7 Å². The van der Waals surface area contributed by atoms with Gasteiger partial charge in [-0.3, -0.25) is 9.69 Å². The number of rotatable bonds is 4. The second kappa shape index (κ2) is 8.22. The lowest BCUT2D eigenvalue weighted by Gasteiger charge is -2.36. The second-order valence-electron chi connectivity index (χ2n) is 8.73. The molecular formula is C22H31N3O4. The number of amides is 1. The van der Waals surface area contributed by atoms with Gasteiger partial charge in [-0.25, -0.2) is 4.79 Å². The summed E-state index contributed by atoms with van der Waals surface area (Å²) in [6.45, 7) is 7.98. The van der Waals surface area contributed by atoms with Crippen LogP contribution in [0, 0.1) is 12.3 Å². The van der Waals surface area contributed by atoms with Crippen LogP contribution in [0.3, 0.4) is 0 Å². The lowest BCUT2D eigenvalue weighted by molar-refractivity contribution is -0.150. The Kier molecular flexibility index (Phi) is 5.67. The van der Waals surface area contributed by atoms with E-state index in [1.54, 1.807) is 0 Å². The van der Waals surface area contributed by atoms with E-state index in [4.69, 9.17) is 9.84 Å². The fraction of sp³-hybridized carbons (Fsp3) is 0.636. The Labute approximate surface area is 172 Å². The van der Waals surface area contributed by atoms with Gasteiger partial charge in [0.15, 0.2) is 0 Å². The number of hydrogen-bond acceptors (Lipinski definition) is 5. The van der Waals surface area contributed by atoms with Gasteiger partial charge in [-0.05, 0) is 38.3 Å². The van der Waals surface area contributed by atoms with E-state index in [0.29, 0.717) is 25.9 Å². The molecule has 0 aliphatic carbocycles. The van der Waals surface area contributed by atoms with E-state index in [9.17, 15) is 9.59 Å². The van der Waals surface area contributed by atoms with E-state index in [1.807, 2.05) is 0 Å². The molecule has 1 N–H and O–H groups in total. The molecule has 1 aromatic carbocycles. The molecule has 7 nitrogen and oxygen atoms in total. The highest BCUT2D eigenvalue weighted by Crippen LogP contribution is 2.43. The van der Waals surface area contributed by atoms with Crippen molar-refractivity contribution in [3.05, 3.63) is 29.8 Å². The summed E-state index contributed by atoms with van der Waals surface area (Å²) in [5.74, 6) is -0.114. The van der Waals surface area contributed by atoms with Crippen molar-refractivity contribution < 1.29 is 19.4 Å². The smallest absolute Gasteiger partial charge is 0.407 e. The molecule has 1 aromatic rings. The Bertz CT molecular complexity index is 735. The number of carboxylic acid groups (broad SMARTS) is 1. The first-order chi connectivity index (χ1) is 13.9. The standard InChI is InChI=1S/C22H31N3O4/c1-17-2-4-18(5-3-17)24-14-12-23(13-15-24)9-6-19-16-22(20(26)29-19)7-10-25(11-8-22)21(27)28/h2-5,19H,6-16H2,1H3,(H,27,28). The molecule has 3 aliphatic heterocycles. The minimum atomic E-state index is -0.896. The van der Waals surface area contributed by atoms with Crippen LogP contribution in [0.25, 0.3) is 0 Å². The Morgan fingerprint density at radius 3 is 2.38 bits per heavy atom. The van der Waals surface area contributed by atoms with Crippen molar-refractivity contribution >= 4 is 17.7 Å². The number of carbonyl (C=O) groups is 2. The third-order valence-corrected chi connectivity index (χ3v) is 6.85. The van der Waals surface area contributed by atoms with Gasteiger partial charge in [0.05, 0.1) is 5.41 Å². The van der Waals surface area contributed by atoms with Crippen molar-refractivity contribution in [1.29, 1.82) is 0 Å². The van der Waals surface area contributed by atoms with Crippen molar-refractivity contribution in [1.82, 2.24) is 9.80 Å². The maximum Gasteiger partial charge on any atom is 0.407 e. The van der Waals surface area contributed by atoms with E-state index in [1.165, 1.54) is 16.2 Å². The number of cyclic esters (lactones) is 1. The molecule has 7 heteroatoms. The zero-order valence-electron chi connectivity index (χ0n) is 17.2. The molecule has 0 radical (unpaired) electrons. The number of ether oxygens (including phenoxy) is 1. The highest BCUT2D eigenvalue weighted by molar-refractivity contribution is 5.79. The predicted octanol–water partition coefficient (Wildman–Crippen LogP) is 2.58. The summed E-state index contributed by atoms with van der Waals surface area (Å²) in [6, 6.07) is 8.70. The number of aryl methyl sites for hydroxylation is 1. The molecule has 1 amide bonds. The van der Waals surface area contributed by atoms with E-state index < -0.39 is 11.5 Å². The molecular weight excluding hydrogens is 370 g/mol. The Hall–Kier alpha value is -2.28. The summed E-state index contributed by atoms with van der Waals surface area (Å²) in [5.41, 5.74) is 2.11. The van der Waals surface area contributed by atoms with Crippen LogP contribution in [0.5, 0.6) is 0 Å². The van der Waals surface area contributed by atoms with Crippen molar-refractivity contribution in [2.75, 3.05) is 50.7 Å². The molecule has 158 valence electrons. The van der Waals surface area contributed by atoms with Crippen LogP contribution in [0.1, 0.15) is 31.2 Å². The SMILES string of the molecule is Cc1ccc(N2CCN(CCC3CC4(CCN(C(=O)O)CC4)C(=O)O3)CC2)cc1. The zero-order valence-corrected chi connectivity index (χ0v) is 17.2. The average molecular weight is 402 g/mol. The summed E-state index contributed by atoms with van der Waals surface area (Å²) in [6.07, 6.45) is 1.85. The summed E-state index contributed by atoms with van der Waals surface area (Å²) < 4.78 is 5.70. The van der Waals surface area contributed by atoms with Crippen LogP contribution in [-0.2, 0) is 9.53 Å². The van der Waals surface area contributed by atoms with Crippen LogP contribution in [0.4, 0.5) is 10.5 Å². The van der Waals surface area contributed by atoms with E-state index in [-0.39, 0.29) is 12.1 Å². The van der Waals surface area contributed by atoms with Gasteiger partial charge >= 0.3 is 12.1 Å². The molecule has 0 aromatic heterocycles. The predicted molar refractivity (Wildman–Crippen MR) is 110 cm³/mol. The zero-order chi connectivity index (χ0) is 20.4. The maximum atomic E-state index is 12.5. The van der Waals surface area contributed by atoms with Gasteiger partial charge in [-0.1, -0.05) is 17.7 Å². The van der Waals surface area contributed by atoms with Gasteiger partial charge in [0.25, 0.3) is 0 Å². The number of benzene rings is 1. The number of hydrogen-bond donors (Lipinski definition) is 1. The highest BCUT2D eigenvalue weighted by atomic mass is 16.6. The summed E-state index contributed by atoms with van der Waals surface area (Å²) in [4.78, 5) is 29.9. The van der Waals surface area contributed by atoms with Gasteiger partial charge in [-0.15, -0.1) is 0 Å².